The number of aromatic nitrogens is 2. The van der Waals surface area contributed by atoms with Gasteiger partial charge in [-0.05, 0) is 66.9 Å². The van der Waals surface area contributed by atoms with E-state index in [1.54, 1.807) is 41.6 Å². The van der Waals surface area contributed by atoms with E-state index in [0.717, 1.165) is 26.9 Å². The number of amides is 3. The Kier molecular flexibility index (Phi) is 5.67. The molecule has 0 unspecified atom stereocenters. The number of fused-ring (bicyclic) bond motifs is 1. The third-order valence-electron chi connectivity index (χ3n) is 5.77. The number of pyridine rings is 1. The molecule has 5 rings (SSSR count). The molecule has 0 saturated carbocycles. The van der Waals surface area contributed by atoms with Gasteiger partial charge in [0, 0.05) is 30.8 Å². The van der Waals surface area contributed by atoms with Crippen molar-refractivity contribution in [1.82, 2.24) is 9.97 Å². The molecule has 3 amide bonds. The molecular weight excluding hydrogens is 448 g/mol. The monoisotopic (exact) mass is 470 g/mol. The van der Waals surface area contributed by atoms with Crippen LogP contribution in [0.2, 0.25) is 0 Å². The first-order chi connectivity index (χ1) is 16.4. The topological polar surface area (TPSA) is 83.5 Å². The van der Waals surface area contributed by atoms with Crippen LogP contribution >= 0.6 is 11.3 Å². The summed E-state index contributed by atoms with van der Waals surface area (Å²) in [6.07, 6.45) is 3.86. The third-order valence-corrected chi connectivity index (χ3v) is 7.00. The minimum absolute atomic E-state index is 0.217. The standard InChI is InChI=1S/C26H22N4O3S/c1-16-12-17(2)24-21(13-16)28-26(34-24)29(15-18-4-3-11-27-14-18)25(33)19-5-7-20(8-6-19)30-22(31)9-10-23(30)32/h3-8,11-14H,9-10,15H2,1-2H3. The van der Waals surface area contributed by atoms with Crippen molar-refractivity contribution < 1.29 is 14.4 Å². The summed E-state index contributed by atoms with van der Waals surface area (Å²) in [6, 6.07) is 14.5. The molecule has 170 valence electrons. The molecule has 0 aliphatic carbocycles. The number of anilines is 2. The summed E-state index contributed by atoms with van der Waals surface area (Å²) in [7, 11) is 0. The second kappa shape index (κ2) is 8.79. The number of nitrogens with zero attached hydrogens (tertiary/aromatic N) is 4. The number of aryl methyl sites for hydroxylation is 2. The molecule has 1 saturated heterocycles. The molecule has 4 aromatic rings. The van der Waals surface area contributed by atoms with Gasteiger partial charge in [0.1, 0.15) is 0 Å². The summed E-state index contributed by atoms with van der Waals surface area (Å²) >= 11 is 1.48. The van der Waals surface area contributed by atoms with E-state index in [9.17, 15) is 14.4 Å². The van der Waals surface area contributed by atoms with Gasteiger partial charge in [-0.15, -0.1) is 0 Å². The van der Waals surface area contributed by atoms with E-state index in [-0.39, 0.29) is 30.6 Å². The van der Waals surface area contributed by atoms with Crippen LogP contribution < -0.4 is 9.80 Å². The van der Waals surface area contributed by atoms with E-state index in [1.165, 1.54) is 16.2 Å². The quantitative estimate of drug-likeness (QED) is 0.391. The zero-order valence-electron chi connectivity index (χ0n) is 18.8. The maximum atomic E-state index is 13.7. The van der Waals surface area contributed by atoms with Gasteiger partial charge in [0.15, 0.2) is 5.13 Å². The Morgan fingerprint density at radius 2 is 1.79 bits per heavy atom. The predicted molar refractivity (Wildman–Crippen MR) is 132 cm³/mol. The highest BCUT2D eigenvalue weighted by atomic mass is 32.1. The highest BCUT2D eigenvalue weighted by Gasteiger charge is 2.30. The molecule has 1 aliphatic rings. The Bertz CT molecular complexity index is 1400. The Labute approximate surface area is 200 Å². The van der Waals surface area contributed by atoms with Crippen molar-refractivity contribution in [1.29, 1.82) is 0 Å². The summed E-state index contributed by atoms with van der Waals surface area (Å²) in [5.41, 5.74) is 4.91. The van der Waals surface area contributed by atoms with Crippen molar-refractivity contribution in [3.63, 3.8) is 0 Å². The zero-order valence-corrected chi connectivity index (χ0v) is 19.6. The van der Waals surface area contributed by atoms with Gasteiger partial charge in [0.2, 0.25) is 11.8 Å². The number of hydrogen-bond acceptors (Lipinski definition) is 6. The van der Waals surface area contributed by atoms with Gasteiger partial charge in [0.25, 0.3) is 5.91 Å². The average molecular weight is 471 g/mol. The van der Waals surface area contributed by atoms with E-state index in [0.29, 0.717) is 22.9 Å². The number of thiazole rings is 1. The van der Waals surface area contributed by atoms with E-state index in [4.69, 9.17) is 4.98 Å². The van der Waals surface area contributed by atoms with Crippen LogP contribution in [0, 0.1) is 13.8 Å². The smallest absolute Gasteiger partial charge is 0.260 e. The molecule has 1 fully saturated rings. The summed E-state index contributed by atoms with van der Waals surface area (Å²) in [4.78, 5) is 49.6. The first kappa shape index (κ1) is 21.9. The van der Waals surface area contributed by atoms with Gasteiger partial charge in [0.05, 0.1) is 22.4 Å². The fourth-order valence-corrected chi connectivity index (χ4v) is 5.17. The average Bonchev–Trinajstić information content (AvgIpc) is 3.40. The van der Waals surface area contributed by atoms with Crippen molar-refractivity contribution in [3.8, 4) is 0 Å². The van der Waals surface area contributed by atoms with Crippen LogP contribution in [-0.2, 0) is 16.1 Å². The third kappa shape index (κ3) is 4.08. The van der Waals surface area contributed by atoms with Gasteiger partial charge in [-0.25, -0.2) is 4.98 Å². The lowest BCUT2D eigenvalue weighted by atomic mass is 10.1. The summed E-state index contributed by atoms with van der Waals surface area (Å²) < 4.78 is 1.05. The lowest BCUT2D eigenvalue weighted by Gasteiger charge is -2.20. The molecule has 2 aromatic carbocycles. The molecule has 3 heterocycles. The molecular formula is C26H22N4O3S. The zero-order chi connectivity index (χ0) is 23.8. The Morgan fingerprint density at radius 3 is 2.47 bits per heavy atom. The van der Waals surface area contributed by atoms with Gasteiger partial charge < -0.3 is 0 Å². The lowest BCUT2D eigenvalue weighted by Crippen LogP contribution is -2.31. The van der Waals surface area contributed by atoms with Crippen molar-refractivity contribution in [3.05, 3.63) is 83.2 Å². The summed E-state index contributed by atoms with van der Waals surface area (Å²) in [5.74, 6) is -0.659. The molecule has 1 aliphatic heterocycles. The maximum absolute atomic E-state index is 13.7. The number of benzene rings is 2. The van der Waals surface area contributed by atoms with Crippen molar-refractivity contribution >= 4 is 50.1 Å². The number of rotatable bonds is 5. The van der Waals surface area contributed by atoms with Gasteiger partial charge >= 0.3 is 0 Å². The molecule has 2 aromatic heterocycles. The summed E-state index contributed by atoms with van der Waals surface area (Å²) in [6.45, 7) is 4.39. The second-order valence-corrected chi connectivity index (χ2v) is 9.33. The van der Waals surface area contributed by atoms with Gasteiger partial charge in [-0.3, -0.25) is 29.2 Å². The molecule has 0 atom stereocenters. The van der Waals surface area contributed by atoms with Crippen molar-refractivity contribution in [2.45, 2.75) is 33.2 Å². The Hall–Kier alpha value is -3.91. The van der Waals surface area contributed by atoms with Crippen LogP contribution in [0.1, 0.15) is 39.9 Å². The number of carbonyl (C=O) groups excluding carboxylic acids is 3. The SMILES string of the molecule is Cc1cc(C)c2sc(N(Cc3cccnc3)C(=O)c3ccc(N4C(=O)CCC4=O)cc3)nc2c1. The number of imide groups is 1. The fourth-order valence-electron chi connectivity index (χ4n) is 4.15. The Morgan fingerprint density at radius 1 is 1.06 bits per heavy atom. The molecule has 34 heavy (non-hydrogen) atoms. The van der Waals surface area contributed by atoms with Crippen LogP contribution in [-0.4, -0.2) is 27.7 Å². The van der Waals surface area contributed by atoms with Crippen molar-refractivity contribution in [2.75, 3.05) is 9.80 Å². The van der Waals surface area contributed by atoms with E-state index < -0.39 is 0 Å². The largest absolute Gasteiger partial charge is 0.279 e. The van der Waals surface area contributed by atoms with E-state index in [1.807, 2.05) is 32.0 Å². The normalized spacial score (nSPS) is 13.6. The van der Waals surface area contributed by atoms with Crippen LogP contribution in [0.15, 0.2) is 60.9 Å². The number of carbonyl (C=O) groups is 3. The Balaban J connectivity index is 1.51. The molecule has 8 heteroatoms. The van der Waals surface area contributed by atoms with Gasteiger partial charge in [-0.2, -0.15) is 0 Å². The molecule has 0 spiro atoms. The molecule has 0 bridgehead atoms. The minimum Gasteiger partial charge on any atom is -0.279 e. The molecule has 0 N–H and O–H groups in total. The number of hydrogen-bond donors (Lipinski definition) is 0. The van der Waals surface area contributed by atoms with E-state index in [2.05, 4.69) is 11.1 Å². The second-order valence-electron chi connectivity index (χ2n) is 8.35. The predicted octanol–water partition coefficient (Wildman–Crippen LogP) is 4.81. The molecule has 7 nitrogen and oxygen atoms in total. The van der Waals surface area contributed by atoms with Crippen LogP contribution in [0.3, 0.4) is 0 Å². The van der Waals surface area contributed by atoms with Crippen LogP contribution in [0.25, 0.3) is 10.2 Å². The van der Waals surface area contributed by atoms with E-state index >= 15 is 0 Å². The van der Waals surface area contributed by atoms with Crippen molar-refractivity contribution in [2.24, 2.45) is 0 Å². The maximum Gasteiger partial charge on any atom is 0.260 e. The van der Waals surface area contributed by atoms with Crippen LogP contribution in [0.4, 0.5) is 10.8 Å². The highest BCUT2D eigenvalue weighted by molar-refractivity contribution is 7.22. The van der Waals surface area contributed by atoms with Gasteiger partial charge in [-0.1, -0.05) is 23.5 Å². The minimum atomic E-state index is -0.220. The summed E-state index contributed by atoms with van der Waals surface area (Å²) in [5, 5.41) is 0.603. The first-order valence-electron chi connectivity index (χ1n) is 10.9. The highest BCUT2D eigenvalue weighted by Crippen LogP contribution is 2.34. The molecule has 0 radical (unpaired) electrons. The van der Waals surface area contributed by atoms with Crippen LogP contribution in [0.5, 0.6) is 0 Å². The lowest BCUT2D eigenvalue weighted by molar-refractivity contribution is -0.121. The first-order valence-corrected chi connectivity index (χ1v) is 11.8. The fraction of sp³-hybridized carbons (Fsp3) is 0.192.